The Hall–Kier alpha value is -2.66. The number of halogens is 1. The van der Waals surface area contributed by atoms with E-state index in [-0.39, 0.29) is 17.4 Å². The van der Waals surface area contributed by atoms with Gasteiger partial charge in [-0.25, -0.2) is 4.39 Å². The van der Waals surface area contributed by atoms with Crippen molar-refractivity contribution >= 4 is 11.9 Å². The third-order valence-corrected chi connectivity index (χ3v) is 5.97. The van der Waals surface area contributed by atoms with E-state index in [9.17, 15) is 9.18 Å². The zero-order valence-electron chi connectivity index (χ0n) is 15.8. The van der Waals surface area contributed by atoms with Gasteiger partial charge in [-0.15, -0.1) is 0 Å². The zero-order chi connectivity index (χ0) is 19.3. The molecule has 2 heterocycles. The van der Waals surface area contributed by atoms with Crippen molar-refractivity contribution in [1.82, 2.24) is 4.90 Å². The summed E-state index contributed by atoms with van der Waals surface area (Å²) in [7, 11) is 0. The van der Waals surface area contributed by atoms with Crippen LogP contribution in [0.4, 0.5) is 4.39 Å². The number of carbonyl (C=O) groups is 1. The predicted octanol–water partition coefficient (Wildman–Crippen LogP) is 4.84. The molecule has 1 saturated carbocycles. The number of benzene rings is 2. The average molecular weight is 379 g/mol. The third kappa shape index (κ3) is 2.90. The van der Waals surface area contributed by atoms with Crippen LogP contribution in [0.15, 0.2) is 36.1 Å². The summed E-state index contributed by atoms with van der Waals surface area (Å²) in [6.07, 6.45) is 6.65. The van der Waals surface area contributed by atoms with Crippen molar-refractivity contribution in [3.05, 3.63) is 64.2 Å². The summed E-state index contributed by atoms with van der Waals surface area (Å²) in [6.45, 7) is 3.33. The molecule has 0 bridgehead atoms. The number of allylic oxidation sites excluding steroid dienone is 1. The zero-order valence-corrected chi connectivity index (χ0v) is 15.8. The molecule has 0 amide bonds. The maximum atomic E-state index is 13.1. The molecular weight excluding hydrogens is 357 g/mol. The van der Waals surface area contributed by atoms with E-state index in [1.165, 1.54) is 37.8 Å². The summed E-state index contributed by atoms with van der Waals surface area (Å²) in [5.41, 5.74) is 3.23. The van der Waals surface area contributed by atoms with Gasteiger partial charge in [-0.1, -0.05) is 25.0 Å². The van der Waals surface area contributed by atoms with E-state index < -0.39 is 0 Å². The van der Waals surface area contributed by atoms with Gasteiger partial charge in [0.2, 0.25) is 5.78 Å². The number of hydrogen-bond donors (Lipinski definition) is 0. The molecule has 5 rings (SSSR count). The largest absolute Gasteiger partial charge is 0.477 e. The third-order valence-electron chi connectivity index (χ3n) is 5.97. The first-order valence-corrected chi connectivity index (χ1v) is 9.83. The fourth-order valence-corrected chi connectivity index (χ4v) is 4.48. The van der Waals surface area contributed by atoms with E-state index >= 15 is 0 Å². The number of ether oxygens (including phenoxy) is 2. The SMILES string of the molecule is Cc1c2c(cc3c1O/C(=C\c1ccc(F)cc1)C3=O)CN(C1CCCC1)CO2. The number of fused-ring (bicyclic) bond motifs is 2. The van der Waals surface area contributed by atoms with Crippen LogP contribution in [0.2, 0.25) is 0 Å². The molecule has 0 N–H and O–H groups in total. The standard InChI is InChI=1S/C23H22FNO3/c1-14-22-16(12-25(13-27-22)18-4-2-3-5-18)11-19-21(26)20(28-23(14)19)10-15-6-8-17(24)9-7-15/h6-11,18H,2-5,12-13H2,1H3/b20-10-. The van der Waals surface area contributed by atoms with Crippen LogP contribution in [0.1, 0.15) is 52.7 Å². The van der Waals surface area contributed by atoms with E-state index in [0.717, 1.165) is 29.0 Å². The summed E-state index contributed by atoms with van der Waals surface area (Å²) in [5.74, 6) is 1.23. The summed E-state index contributed by atoms with van der Waals surface area (Å²) >= 11 is 0. The van der Waals surface area contributed by atoms with Crippen molar-refractivity contribution in [3.8, 4) is 11.5 Å². The second-order valence-electron chi connectivity index (χ2n) is 7.82. The van der Waals surface area contributed by atoms with Gasteiger partial charge in [-0.3, -0.25) is 9.69 Å². The number of carbonyl (C=O) groups excluding carboxylic acids is 1. The van der Waals surface area contributed by atoms with E-state index in [4.69, 9.17) is 9.47 Å². The van der Waals surface area contributed by atoms with E-state index in [2.05, 4.69) is 4.90 Å². The van der Waals surface area contributed by atoms with Crippen molar-refractivity contribution in [3.63, 3.8) is 0 Å². The highest BCUT2D eigenvalue weighted by Gasteiger charge is 2.35. The first-order valence-electron chi connectivity index (χ1n) is 9.83. The van der Waals surface area contributed by atoms with Gasteiger partial charge in [0.05, 0.1) is 5.56 Å². The molecule has 144 valence electrons. The smallest absolute Gasteiger partial charge is 0.231 e. The van der Waals surface area contributed by atoms with Crippen LogP contribution in [0.25, 0.3) is 6.08 Å². The Labute approximate surface area is 163 Å². The Morgan fingerprint density at radius 1 is 1.14 bits per heavy atom. The molecule has 4 nitrogen and oxygen atoms in total. The van der Waals surface area contributed by atoms with Crippen LogP contribution in [-0.2, 0) is 6.54 Å². The van der Waals surface area contributed by atoms with Gasteiger partial charge in [0, 0.05) is 23.7 Å². The fourth-order valence-electron chi connectivity index (χ4n) is 4.48. The molecule has 28 heavy (non-hydrogen) atoms. The lowest BCUT2D eigenvalue weighted by molar-refractivity contribution is 0.0570. The Balaban J connectivity index is 1.46. The number of nitrogens with zero attached hydrogens (tertiary/aromatic N) is 1. The van der Waals surface area contributed by atoms with Crippen molar-refractivity contribution in [2.45, 2.75) is 45.2 Å². The van der Waals surface area contributed by atoms with Crippen molar-refractivity contribution in [2.75, 3.05) is 6.73 Å². The molecule has 2 aliphatic heterocycles. The Morgan fingerprint density at radius 3 is 2.64 bits per heavy atom. The van der Waals surface area contributed by atoms with E-state index in [0.29, 0.717) is 24.1 Å². The summed E-state index contributed by atoms with van der Waals surface area (Å²) in [6, 6.07) is 8.49. The lowest BCUT2D eigenvalue weighted by atomic mass is 9.99. The Bertz CT molecular complexity index is 974. The minimum atomic E-state index is -0.309. The predicted molar refractivity (Wildman–Crippen MR) is 104 cm³/mol. The van der Waals surface area contributed by atoms with Crippen LogP contribution in [-0.4, -0.2) is 23.5 Å². The Kier molecular flexibility index (Phi) is 4.20. The molecule has 0 aromatic heterocycles. The summed E-state index contributed by atoms with van der Waals surface area (Å²) in [5, 5.41) is 0. The molecule has 3 aliphatic rings. The number of rotatable bonds is 2. The topological polar surface area (TPSA) is 38.8 Å². The van der Waals surface area contributed by atoms with Gasteiger partial charge >= 0.3 is 0 Å². The average Bonchev–Trinajstić information content (AvgIpc) is 3.34. The van der Waals surface area contributed by atoms with Gasteiger partial charge in [-0.05, 0) is 49.6 Å². The van der Waals surface area contributed by atoms with Gasteiger partial charge in [-0.2, -0.15) is 0 Å². The van der Waals surface area contributed by atoms with Crippen LogP contribution < -0.4 is 9.47 Å². The monoisotopic (exact) mass is 379 g/mol. The Morgan fingerprint density at radius 2 is 1.89 bits per heavy atom. The lowest BCUT2D eigenvalue weighted by Crippen LogP contribution is -2.39. The normalized spacial score (nSPS) is 20.8. The molecule has 2 aromatic rings. The first-order chi connectivity index (χ1) is 13.6. The maximum Gasteiger partial charge on any atom is 0.231 e. The molecule has 0 unspecified atom stereocenters. The van der Waals surface area contributed by atoms with Crippen LogP contribution in [0.5, 0.6) is 11.5 Å². The van der Waals surface area contributed by atoms with Gasteiger partial charge < -0.3 is 9.47 Å². The van der Waals surface area contributed by atoms with Crippen molar-refractivity contribution < 1.29 is 18.7 Å². The second kappa shape index (κ2) is 6.74. The van der Waals surface area contributed by atoms with Gasteiger partial charge in [0.25, 0.3) is 0 Å². The molecule has 0 radical (unpaired) electrons. The molecule has 1 aliphatic carbocycles. The van der Waals surface area contributed by atoms with Gasteiger partial charge in [0.15, 0.2) is 5.76 Å². The highest BCUT2D eigenvalue weighted by molar-refractivity contribution is 6.15. The molecule has 1 fully saturated rings. The number of ketones is 1. The molecule has 2 aromatic carbocycles. The molecular formula is C23H22FNO3. The van der Waals surface area contributed by atoms with E-state index in [1.807, 2.05) is 13.0 Å². The molecule has 5 heteroatoms. The van der Waals surface area contributed by atoms with E-state index in [1.54, 1.807) is 18.2 Å². The minimum absolute atomic E-state index is 0.136. The lowest BCUT2D eigenvalue weighted by Gasteiger charge is -2.34. The maximum absolute atomic E-state index is 13.1. The highest BCUT2D eigenvalue weighted by atomic mass is 19.1. The minimum Gasteiger partial charge on any atom is -0.477 e. The fraction of sp³-hybridized carbons (Fsp3) is 0.348. The summed E-state index contributed by atoms with van der Waals surface area (Å²) in [4.78, 5) is 15.3. The molecule has 0 atom stereocenters. The number of hydrogen-bond acceptors (Lipinski definition) is 4. The highest BCUT2D eigenvalue weighted by Crippen LogP contribution is 2.43. The van der Waals surface area contributed by atoms with Crippen LogP contribution in [0.3, 0.4) is 0 Å². The van der Waals surface area contributed by atoms with Crippen LogP contribution in [0, 0.1) is 12.7 Å². The quantitative estimate of drug-likeness (QED) is 0.700. The van der Waals surface area contributed by atoms with Crippen molar-refractivity contribution in [2.24, 2.45) is 0 Å². The molecule has 0 spiro atoms. The number of Topliss-reactive ketones (excluding diaryl/α,β-unsaturated/α-hetero) is 1. The summed E-state index contributed by atoms with van der Waals surface area (Å²) < 4.78 is 25.1. The molecule has 0 saturated heterocycles. The van der Waals surface area contributed by atoms with Crippen molar-refractivity contribution in [1.29, 1.82) is 0 Å². The second-order valence-corrected chi connectivity index (χ2v) is 7.82. The van der Waals surface area contributed by atoms with Crippen LogP contribution >= 0.6 is 0 Å². The first kappa shape index (κ1) is 17.4. The van der Waals surface area contributed by atoms with Gasteiger partial charge in [0.1, 0.15) is 24.0 Å².